The number of rotatable bonds is 9. The third-order valence-electron chi connectivity index (χ3n) is 4.94. The molecule has 1 aliphatic rings. The summed E-state index contributed by atoms with van der Waals surface area (Å²) in [4.78, 5) is 16.3. The van der Waals surface area contributed by atoms with E-state index in [1.165, 1.54) is 22.6 Å². The van der Waals surface area contributed by atoms with Gasteiger partial charge in [0.25, 0.3) is 5.91 Å². The van der Waals surface area contributed by atoms with Gasteiger partial charge in [-0.25, -0.2) is 4.39 Å². The molecule has 1 unspecified atom stereocenters. The minimum atomic E-state index is -0.249. The maximum absolute atomic E-state index is 13.3. The number of ether oxygens (including phenoxy) is 1. The summed E-state index contributed by atoms with van der Waals surface area (Å²) in [6, 6.07) is 16.8. The molecule has 6 heteroatoms. The van der Waals surface area contributed by atoms with Crippen LogP contribution in [0.15, 0.2) is 54.6 Å². The molecule has 2 aromatic carbocycles. The number of nitrogens with zero attached hydrogens (tertiary/aromatic N) is 1. The summed E-state index contributed by atoms with van der Waals surface area (Å²) in [5.41, 5.74) is 2.22. The fraction of sp³-hybridized carbons (Fsp3) is 0.409. The lowest BCUT2D eigenvalue weighted by atomic mass is 10.2. The van der Waals surface area contributed by atoms with E-state index in [2.05, 4.69) is 12.1 Å². The van der Waals surface area contributed by atoms with Crippen LogP contribution in [0.2, 0.25) is 0 Å². The van der Waals surface area contributed by atoms with Crippen LogP contribution in [0.3, 0.4) is 0 Å². The number of halogens is 1. The van der Waals surface area contributed by atoms with Crippen molar-refractivity contribution >= 4 is 17.7 Å². The second-order valence-electron chi connectivity index (χ2n) is 7.05. The van der Waals surface area contributed by atoms with E-state index in [0.717, 1.165) is 37.4 Å². The molecule has 1 heterocycles. The van der Waals surface area contributed by atoms with Gasteiger partial charge in [-0.1, -0.05) is 42.5 Å². The number of hydrogen-bond donors (Lipinski definition) is 1. The van der Waals surface area contributed by atoms with E-state index < -0.39 is 0 Å². The number of thioether (sulfide) groups is 1. The van der Waals surface area contributed by atoms with Gasteiger partial charge in [-0.05, 0) is 17.7 Å². The Kier molecular flexibility index (Phi) is 7.89. The van der Waals surface area contributed by atoms with Crippen LogP contribution in [0.5, 0.6) is 0 Å². The van der Waals surface area contributed by atoms with Crippen LogP contribution >= 0.6 is 11.8 Å². The monoisotopic (exact) mass is 403 g/mol. The van der Waals surface area contributed by atoms with Gasteiger partial charge in [0.1, 0.15) is 17.7 Å². The number of amides is 1. The van der Waals surface area contributed by atoms with Crippen LogP contribution in [-0.2, 0) is 16.1 Å². The van der Waals surface area contributed by atoms with Crippen LogP contribution in [-0.4, -0.2) is 49.9 Å². The Hall–Kier alpha value is -1.89. The number of carbonyl (C=O) groups is 1. The molecule has 1 fully saturated rings. The van der Waals surface area contributed by atoms with Crippen LogP contribution < -0.4 is 4.90 Å². The minimum Gasteiger partial charge on any atom is -0.384 e. The molecule has 2 aromatic rings. The van der Waals surface area contributed by atoms with E-state index in [4.69, 9.17) is 4.74 Å². The van der Waals surface area contributed by atoms with Crippen LogP contribution in [0.1, 0.15) is 22.9 Å². The molecule has 1 aliphatic heterocycles. The molecular weight excluding hydrogens is 375 g/mol. The van der Waals surface area contributed by atoms with E-state index in [1.807, 2.05) is 23.1 Å². The molecule has 3 rings (SSSR count). The zero-order valence-electron chi connectivity index (χ0n) is 16.3. The van der Waals surface area contributed by atoms with E-state index in [9.17, 15) is 9.18 Å². The van der Waals surface area contributed by atoms with E-state index >= 15 is 0 Å². The van der Waals surface area contributed by atoms with E-state index in [1.54, 1.807) is 31.0 Å². The first-order valence-electron chi connectivity index (χ1n) is 9.70. The van der Waals surface area contributed by atoms with Gasteiger partial charge in [0.2, 0.25) is 0 Å². The summed E-state index contributed by atoms with van der Waals surface area (Å²) in [5.74, 6) is 0.815. The quantitative estimate of drug-likeness (QED) is 0.654. The summed E-state index contributed by atoms with van der Waals surface area (Å²) < 4.78 is 18.4. The smallest absolute Gasteiger partial charge is 0.278 e. The molecule has 150 valence electrons. The Labute approximate surface area is 170 Å². The highest BCUT2D eigenvalue weighted by Gasteiger charge is 2.32. The highest BCUT2D eigenvalue weighted by Crippen LogP contribution is 2.37. The maximum Gasteiger partial charge on any atom is 0.278 e. The lowest BCUT2D eigenvalue weighted by Gasteiger charge is -2.27. The molecule has 0 radical (unpaired) electrons. The third kappa shape index (κ3) is 5.80. The molecule has 0 spiro atoms. The van der Waals surface area contributed by atoms with Gasteiger partial charge >= 0.3 is 0 Å². The molecule has 28 heavy (non-hydrogen) atoms. The van der Waals surface area contributed by atoms with Crippen molar-refractivity contribution in [3.8, 4) is 0 Å². The molecule has 2 atom stereocenters. The van der Waals surface area contributed by atoms with Crippen molar-refractivity contribution in [2.24, 2.45) is 0 Å². The van der Waals surface area contributed by atoms with Gasteiger partial charge in [-0.3, -0.25) is 4.79 Å². The van der Waals surface area contributed by atoms with Crippen molar-refractivity contribution in [2.75, 3.05) is 39.1 Å². The van der Waals surface area contributed by atoms with Crippen molar-refractivity contribution in [3.63, 3.8) is 0 Å². The van der Waals surface area contributed by atoms with Gasteiger partial charge < -0.3 is 14.5 Å². The second-order valence-corrected chi connectivity index (χ2v) is 8.24. The maximum atomic E-state index is 13.3. The number of carbonyl (C=O) groups excluding carboxylic acids is 1. The summed E-state index contributed by atoms with van der Waals surface area (Å²) >= 11 is 1.74. The standard InChI is InChI=1S/C22H27FN2O2S/c1-27-14-5-12-24(16-18-6-3-2-4-7-18)17-21(26)25-13-15-28-22(25)19-8-10-20(23)11-9-19/h2-4,6-11,22H,5,12-17H2,1H3/p+1/t22-/m0/s1. The molecular formula is C22H28FN2O2S+. The Morgan fingerprint density at radius 3 is 2.68 bits per heavy atom. The Morgan fingerprint density at radius 2 is 1.96 bits per heavy atom. The zero-order chi connectivity index (χ0) is 19.8. The van der Waals surface area contributed by atoms with Crippen LogP contribution in [0, 0.1) is 5.82 Å². The average molecular weight is 404 g/mol. The highest BCUT2D eigenvalue weighted by molar-refractivity contribution is 7.99. The van der Waals surface area contributed by atoms with E-state index in [0.29, 0.717) is 13.2 Å². The minimum absolute atomic E-state index is 0.0231. The van der Waals surface area contributed by atoms with Crippen molar-refractivity contribution < 1.29 is 18.8 Å². The van der Waals surface area contributed by atoms with Gasteiger partial charge in [-0.15, -0.1) is 11.8 Å². The summed E-state index contributed by atoms with van der Waals surface area (Å²) in [5, 5.41) is -0.0231. The zero-order valence-corrected chi connectivity index (χ0v) is 17.1. The van der Waals surface area contributed by atoms with Crippen molar-refractivity contribution in [1.82, 2.24) is 4.90 Å². The fourth-order valence-corrected chi connectivity index (χ4v) is 4.81. The van der Waals surface area contributed by atoms with E-state index in [-0.39, 0.29) is 17.1 Å². The predicted molar refractivity (Wildman–Crippen MR) is 111 cm³/mol. The molecule has 0 aliphatic carbocycles. The summed E-state index contributed by atoms with van der Waals surface area (Å²) in [6.45, 7) is 3.60. The highest BCUT2D eigenvalue weighted by atomic mass is 32.2. The second kappa shape index (κ2) is 10.6. The Bertz CT molecular complexity index is 742. The lowest BCUT2D eigenvalue weighted by Crippen LogP contribution is -3.12. The molecule has 1 N–H and O–H groups in total. The number of benzene rings is 2. The number of nitrogens with one attached hydrogen (secondary N) is 1. The molecule has 0 bridgehead atoms. The van der Waals surface area contributed by atoms with Gasteiger partial charge in [0.15, 0.2) is 6.54 Å². The Balaban J connectivity index is 1.66. The molecule has 1 amide bonds. The average Bonchev–Trinajstić information content (AvgIpc) is 3.19. The van der Waals surface area contributed by atoms with Crippen LogP contribution in [0.25, 0.3) is 0 Å². The van der Waals surface area contributed by atoms with Crippen molar-refractivity contribution in [2.45, 2.75) is 18.3 Å². The first-order valence-corrected chi connectivity index (χ1v) is 10.7. The number of methoxy groups -OCH3 is 1. The van der Waals surface area contributed by atoms with Gasteiger partial charge in [0, 0.05) is 31.4 Å². The largest absolute Gasteiger partial charge is 0.384 e. The van der Waals surface area contributed by atoms with Gasteiger partial charge in [-0.2, -0.15) is 0 Å². The summed E-state index contributed by atoms with van der Waals surface area (Å²) in [7, 11) is 1.71. The first kappa shape index (κ1) is 20.8. The summed E-state index contributed by atoms with van der Waals surface area (Å²) in [6.07, 6.45) is 0.919. The topological polar surface area (TPSA) is 34.0 Å². The number of hydrogen-bond acceptors (Lipinski definition) is 3. The van der Waals surface area contributed by atoms with Gasteiger partial charge in [0.05, 0.1) is 13.2 Å². The lowest BCUT2D eigenvalue weighted by molar-refractivity contribution is -0.906. The van der Waals surface area contributed by atoms with Crippen molar-refractivity contribution in [3.05, 3.63) is 71.5 Å². The third-order valence-corrected chi connectivity index (χ3v) is 6.20. The molecule has 4 nitrogen and oxygen atoms in total. The SMILES string of the molecule is COCCC[NH+](CC(=O)N1CCS[C@H]1c1ccc(F)cc1)Cc1ccccc1. The van der Waals surface area contributed by atoms with Crippen LogP contribution in [0.4, 0.5) is 4.39 Å². The molecule has 0 aromatic heterocycles. The predicted octanol–water partition coefficient (Wildman–Crippen LogP) is 2.52. The number of quaternary nitrogens is 1. The normalized spacial score (nSPS) is 17.6. The fourth-order valence-electron chi connectivity index (χ4n) is 3.53. The molecule has 1 saturated heterocycles. The first-order chi connectivity index (χ1) is 13.7. The van der Waals surface area contributed by atoms with Crippen molar-refractivity contribution in [1.29, 1.82) is 0 Å². The molecule has 0 saturated carbocycles. The Morgan fingerprint density at radius 1 is 1.21 bits per heavy atom.